The lowest BCUT2D eigenvalue weighted by Gasteiger charge is -2.20. The van der Waals surface area contributed by atoms with Crippen LogP contribution in [-0.2, 0) is 6.54 Å². The molecule has 1 heterocycles. The highest BCUT2D eigenvalue weighted by Gasteiger charge is 2.13. The molecule has 130 valence electrons. The Morgan fingerprint density at radius 1 is 1.08 bits per heavy atom. The minimum Gasteiger partial charge on any atom is -0.302 e. The summed E-state index contributed by atoms with van der Waals surface area (Å²) in [6.07, 6.45) is 0. The van der Waals surface area contributed by atoms with Crippen LogP contribution in [-0.4, -0.2) is 34.1 Å². The van der Waals surface area contributed by atoms with E-state index in [9.17, 15) is 4.79 Å². The van der Waals surface area contributed by atoms with Crippen molar-refractivity contribution in [1.29, 1.82) is 0 Å². The number of aromatic nitrogens is 2. The number of rotatable bonds is 6. The van der Waals surface area contributed by atoms with Crippen LogP contribution in [0.2, 0.25) is 0 Å². The monoisotopic (exact) mass is 399 g/mol. The predicted octanol–water partition coefficient (Wildman–Crippen LogP) is 4.17. The van der Waals surface area contributed by atoms with Crippen molar-refractivity contribution in [2.75, 3.05) is 19.6 Å². The van der Waals surface area contributed by atoms with E-state index in [0.717, 1.165) is 41.0 Å². The van der Waals surface area contributed by atoms with Crippen molar-refractivity contribution in [3.63, 3.8) is 0 Å². The van der Waals surface area contributed by atoms with E-state index in [1.54, 1.807) is 0 Å². The van der Waals surface area contributed by atoms with Crippen molar-refractivity contribution < 1.29 is 0 Å². The number of hydrogen-bond acceptors (Lipinski definition) is 3. The lowest BCUT2D eigenvalue weighted by molar-refractivity contribution is 0.289. The largest absolute Gasteiger partial charge is 0.302 e. The van der Waals surface area contributed by atoms with Crippen LogP contribution >= 0.6 is 15.9 Å². The summed E-state index contributed by atoms with van der Waals surface area (Å²) in [6.45, 7) is 7.67. The molecule has 5 heteroatoms. The van der Waals surface area contributed by atoms with E-state index in [2.05, 4.69) is 34.7 Å². The number of nitrogens with zero attached hydrogens (tertiary/aromatic N) is 3. The van der Waals surface area contributed by atoms with Crippen LogP contribution in [0.5, 0.6) is 0 Å². The highest BCUT2D eigenvalue weighted by Crippen LogP contribution is 2.21. The molecule has 0 radical (unpaired) electrons. The molecule has 0 spiro atoms. The van der Waals surface area contributed by atoms with Gasteiger partial charge in [-0.2, -0.15) is 0 Å². The summed E-state index contributed by atoms with van der Waals surface area (Å²) in [4.78, 5) is 20.3. The molecule has 0 unspecified atom stereocenters. The normalized spacial score (nSPS) is 11.4. The number of benzene rings is 2. The molecule has 0 aliphatic rings. The third-order valence-corrected chi connectivity index (χ3v) is 4.98. The average molecular weight is 400 g/mol. The van der Waals surface area contributed by atoms with Crippen molar-refractivity contribution in [2.24, 2.45) is 0 Å². The molecule has 0 N–H and O–H groups in total. The molecule has 0 aliphatic heterocycles. The van der Waals surface area contributed by atoms with Crippen LogP contribution in [0.25, 0.3) is 22.3 Å². The summed E-state index contributed by atoms with van der Waals surface area (Å²) >= 11 is 3.46. The summed E-state index contributed by atoms with van der Waals surface area (Å²) in [5.74, 6) is 0.729. The molecule has 0 saturated carbocycles. The Hall–Kier alpha value is -1.98. The molecule has 25 heavy (non-hydrogen) atoms. The molecule has 3 rings (SSSR count). The van der Waals surface area contributed by atoms with Gasteiger partial charge >= 0.3 is 0 Å². The summed E-state index contributed by atoms with van der Waals surface area (Å²) in [5.41, 5.74) is 1.70. The van der Waals surface area contributed by atoms with E-state index in [1.165, 1.54) is 0 Å². The smallest absolute Gasteiger partial charge is 0.261 e. The second-order valence-corrected chi connectivity index (χ2v) is 6.86. The lowest BCUT2D eigenvalue weighted by Crippen LogP contribution is -2.32. The Morgan fingerprint density at radius 2 is 1.80 bits per heavy atom. The third-order valence-electron chi connectivity index (χ3n) is 4.48. The fourth-order valence-corrected chi connectivity index (χ4v) is 3.35. The number of fused-ring (bicyclic) bond motifs is 1. The first-order chi connectivity index (χ1) is 12.1. The van der Waals surface area contributed by atoms with E-state index in [-0.39, 0.29) is 5.56 Å². The van der Waals surface area contributed by atoms with Gasteiger partial charge in [-0.1, -0.05) is 60.1 Å². The van der Waals surface area contributed by atoms with Crippen molar-refractivity contribution in [3.8, 4) is 11.4 Å². The van der Waals surface area contributed by atoms with Crippen molar-refractivity contribution in [3.05, 3.63) is 63.4 Å². The molecule has 0 bridgehead atoms. The molecule has 0 amide bonds. The molecular weight excluding hydrogens is 378 g/mol. The first kappa shape index (κ1) is 17.8. The maximum Gasteiger partial charge on any atom is 0.261 e. The second-order valence-electron chi connectivity index (χ2n) is 5.95. The van der Waals surface area contributed by atoms with Gasteiger partial charge in [-0.3, -0.25) is 9.36 Å². The van der Waals surface area contributed by atoms with Crippen LogP contribution < -0.4 is 5.56 Å². The van der Waals surface area contributed by atoms with Crippen LogP contribution in [0.3, 0.4) is 0 Å². The Bertz CT molecular complexity index is 917. The van der Waals surface area contributed by atoms with Gasteiger partial charge in [-0.25, -0.2) is 4.98 Å². The molecule has 0 aliphatic carbocycles. The van der Waals surface area contributed by atoms with Crippen molar-refractivity contribution in [1.82, 2.24) is 14.5 Å². The Morgan fingerprint density at radius 3 is 2.48 bits per heavy atom. The molecule has 0 fully saturated rings. The van der Waals surface area contributed by atoms with E-state index in [1.807, 2.05) is 53.1 Å². The highest BCUT2D eigenvalue weighted by molar-refractivity contribution is 9.10. The van der Waals surface area contributed by atoms with Crippen LogP contribution in [0, 0.1) is 0 Å². The van der Waals surface area contributed by atoms with Crippen LogP contribution in [0.4, 0.5) is 0 Å². The maximum absolute atomic E-state index is 13.1. The van der Waals surface area contributed by atoms with Crippen LogP contribution in [0.15, 0.2) is 57.8 Å². The molecular formula is C20H22BrN3O. The van der Waals surface area contributed by atoms with Gasteiger partial charge in [0.15, 0.2) is 0 Å². The minimum absolute atomic E-state index is 0.0114. The van der Waals surface area contributed by atoms with Crippen LogP contribution in [0.1, 0.15) is 13.8 Å². The highest BCUT2D eigenvalue weighted by atomic mass is 79.9. The zero-order valence-electron chi connectivity index (χ0n) is 14.6. The van der Waals surface area contributed by atoms with Gasteiger partial charge in [0.05, 0.1) is 10.9 Å². The Labute approximate surface area is 156 Å². The second kappa shape index (κ2) is 7.93. The van der Waals surface area contributed by atoms with Crippen molar-refractivity contribution in [2.45, 2.75) is 20.4 Å². The van der Waals surface area contributed by atoms with Gasteiger partial charge in [0.1, 0.15) is 5.82 Å². The van der Waals surface area contributed by atoms with Gasteiger partial charge < -0.3 is 4.90 Å². The molecule has 4 nitrogen and oxygen atoms in total. The molecule has 0 saturated heterocycles. The molecule has 0 atom stereocenters. The quantitative estimate of drug-likeness (QED) is 0.624. The summed E-state index contributed by atoms with van der Waals surface area (Å²) < 4.78 is 2.70. The zero-order chi connectivity index (χ0) is 17.8. The van der Waals surface area contributed by atoms with Crippen molar-refractivity contribution >= 4 is 26.8 Å². The van der Waals surface area contributed by atoms with Gasteiger partial charge in [0.2, 0.25) is 0 Å². The maximum atomic E-state index is 13.1. The Kier molecular flexibility index (Phi) is 5.66. The number of halogens is 1. The molecule has 3 aromatic rings. The minimum atomic E-state index is 0.0114. The summed E-state index contributed by atoms with van der Waals surface area (Å²) in [5, 5.41) is 0.647. The fourth-order valence-electron chi connectivity index (χ4n) is 2.99. The first-order valence-corrected chi connectivity index (χ1v) is 9.41. The number of hydrogen-bond donors (Lipinski definition) is 0. The molecule has 1 aromatic heterocycles. The van der Waals surface area contributed by atoms with Gasteiger partial charge in [0.25, 0.3) is 5.56 Å². The van der Waals surface area contributed by atoms with E-state index in [0.29, 0.717) is 11.9 Å². The first-order valence-electron chi connectivity index (χ1n) is 8.62. The molecule has 2 aromatic carbocycles. The summed E-state index contributed by atoms with van der Waals surface area (Å²) in [6, 6.07) is 15.6. The average Bonchev–Trinajstić information content (AvgIpc) is 2.65. The predicted molar refractivity (Wildman–Crippen MR) is 107 cm³/mol. The fraction of sp³-hybridized carbons (Fsp3) is 0.300. The lowest BCUT2D eigenvalue weighted by atomic mass is 10.2. The SMILES string of the molecule is CCN(CC)CCn1c(-c2ccccc2)nc2ccc(Br)cc2c1=O. The third kappa shape index (κ3) is 3.83. The standard InChI is InChI=1S/C20H22BrN3O/c1-3-23(4-2)12-13-24-19(15-8-6-5-7-9-15)22-18-11-10-16(21)14-17(18)20(24)25/h5-11,14H,3-4,12-13H2,1-2H3. The van der Waals surface area contributed by atoms with Gasteiger partial charge in [-0.15, -0.1) is 0 Å². The van der Waals surface area contributed by atoms with E-state index in [4.69, 9.17) is 4.98 Å². The van der Waals surface area contributed by atoms with E-state index < -0.39 is 0 Å². The topological polar surface area (TPSA) is 38.1 Å². The zero-order valence-corrected chi connectivity index (χ0v) is 16.2. The summed E-state index contributed by atoms with van der Waals surface area (Å²) in [7, 11) is 0. The Balaban J connectivity index is 2.16. The number of likely N-dealkylation sites (N-methyl/N-ethyl adjacent to an activating group) is 1. The van der Waals surface area contributed by atoms with E-state index >= 15 is 0 Å². The van der Waals surface area contributed by atoms with Gasteiger partial charge in [0, 0.05) is 23.1 Å². The van der Waals surface area contributed by atoms with Gasteiger partial charge in [-0.05, 0) is 31.3 Å².